The predicted octanol–water partition coefficient (Wildman–Crippen LogP) is 0.0813. The van der Waals surface area contributed by atoms with Crippen molar-refractivity contribution in [3.8, 4) is 0 Å². The molecule has 0 amide bonds. The van der Waals surface area contributed by atoms with Crippen molar-refractivity contribution < 1.29 is 13.2 Å². The van der Waals surface area contributed by atoms with Crippen molar-refractivity contribution in [1.29, 1.82) is 0 Å². The Hall–Kier alpha value is -0.950. The number of rotatable bonds is 8. The summed E-state index contributed by atoms with van der Waals surface area (Å²) in [6, 6.07) is 9.04. The zero-order valence-corrected chi connectivity index (χ0v) is 10.4. The molecule has 0 radical (unpaired) electrons. The van der Waals surface area contributed by atoms with E-state index in [1.165, 1.54) is 0 Å². The summed E-state index contributed by atoms with van der Waals surface area (Å²) in [6.45, 7) is 1.50. The van der Waals surface area contributed by atoms with Crippen molar-refractivity contribution in [3.05, 3.63) is 35.9 Å². The van der Waals surface area contributed by atoms with E-state index in [1.807, 2.05) is 18.2 Å². The molecule has 96 valence electrons. The van der Waals surface area contributed by atoms with E-state index in [-0.39, 0.29) is 12.3 Å². The molecule has 0 aliphatic rings. The topological polar surface area (TPSA) is 81.4 Å². The van der Waals surface area contributed by atoms with Gasteiger partial charge < -0.3 is 10.5 Å². The molecule has 0 unspecified atom stereocenters. The third kappa shape index (κ3) is 6.38. The molecule has 1 aromatic carbocycles. The summed E-state index contributed by atoms with van der Waals surface area (Å²) >= 11 is 0. The van der Waals surface area contributed by atoms with Crippen LogP contribution in [-0.2, 0) is 20.5 Å². The molecule has 1 rings (SSSR count). The fraction of sp³-hybridized carbons (Fsp3) is 0.455. The van der Waals surface area contributed by atoms with E-state index in [1.54, 1.807) is 12.1 Å². The Balaban J connectivity index is 2.32. The standard InChI is InChI=1S/C11H18N2O3S/c12-6-8-16-9-7-13-17(14,15)10-11-4-2-1-3-5-11/h1-5,13H,6-10,12H2. The van der Waals surface area contributed by atoms with E-state index in [0.717, 1.165) is 5.56 Å². The molecule has 0 aliphatic carbocycles. The van der Waals surface area contributed by atoms with Gasteiger partial charge in [0.25, 0.3) is 0 Å². The molecule has 0 fully saturated rings. The van der Waals surface area contributed by atoms with Crippen molar-refractivity contribution in [1.82, 2.24) is 4.72 Å². The number of sulfonamides is 1. The minimum atomic E-state index is -3.28. The van der Waals surface area contributed by atoms with E-state index in [0.29, 0.717) is 19.8 Å². The maximum absolute atomic E-state index is 11.6. The maximum Gasteiger partial charge on any atom is 0.215 e. The molecule has 5 nitrogen and oxygen atoms in total. The van der Waals surface area contributed by atoms with Gasteiger partial charge >= 0.3 is 0 Å². The van der Waals surface area contributed by atoms with Crippen molar-refractivity contribution in [2.75, 3.05) is 26.3 Å². The summed E-state index contributed by atoms with van der Waals surface area (Å²) in [7, 11) is -3.28. The second-order valence-electron chi connectivity index (χ2n) is 3.54. The Kier molecular flexibility index (Phi) is 6.13. The highest BCUT2D eigenvalue weighted by Crippen LogP contribution is 2.03. The summed E-state index contributed by atoms with van der Waals surface area (Å²) in [5.74, 6) is -0.00920. The number of ether oxygens (including phenoxy) is 1. The second-order valence-corrected chi connectivity index (χ2v) is 5.35. The largest absolute Gasteiger partial charge is 0.379 e. The third-order valence-corrected chi connectivity index (χ3v) is 3.39. The smallest absolute Gasteiger partial charge is 0.215 e. The maximum atomic E-state index is 11.6. The normalized spacial score (nSPS) is 11.6. The fourth-order valence-corrected chi connectivity index (χ4v) is 2.43. The van der Waals surface area contributed by atoms with Crippen LogP contribution < -0.4 is 10.5 Å². The molecule has 0 bridgehead atoms. The molecule has 17 heavy (non-hydrogen) atoms. The molecule has 0 saturated carbocycles. The minimum Gasteiger partial charge on any atom is -0.379 e. The van der Waals surface area contributed by atoms with E-state index < -0.39 is 10.0 Å². The Labute approximate surface area is 102 Å². The highest BCUT2D eigenvalue weighted by atomic mass is 32.2. The summed E-state index contributed by atoms with van der Waals surface area (Å²) in [6.07, 6.45) is 0. The molecule has 6 heteroatoms. The van der Waals surface area contributed by atoms with E-state index >= 15 is 0 Å². The predicted molar refractivity (Wildman–Crippen MR) is 66.9 cm³/mol. The van der Waals surface area contributed by atoms with Crippen molar-refractivity contribution >= 4 is 10.0 Å². The Morgan fingerprint density at radius 2 is 1.88 bits per heavy atom. The SMILES string of the molecule is NCCOCCNS(=O)(=O)Cc1ccccc1. The molecule has 0 heterocycles. The van der Waals surface area contributed by atoms with E-state index in [9.17, 15) is 8.42 Å². The zero-order valence-electron chi connectivity index (χ0n) is 9.63. The molecule has 0 atom stereocenters. The van der Waals surface area contributed by atoms with Gasteiger partial charge in [0, 0.05) is 13.1 Å². The van der Waals surface area contributed by atoms with Crippen LogP contribution in [0.1, 0.15) is 5.56 Å². The highest BCUT2D eigenvalue weighted by Gasteiger charge is 2.09. The molecule has 0 saturated heterocycles. The Morgan fingerprint density at radius 1 is 1.18 bits per heavy atom. The lowest BCUT2D eigenvalue weighted by Crippen LogP contribution is -2.29. The zero-order chi connectivity index (χ0) is 12.6. The van der Waals surface area contributed by atoms with Gasteiger partial charge in [0.2, 0.25) is 10.0 Å². The Bertz CT molecular complexity index is 406. The second kappa shape index (κ2) is 7.39. The molecule has 0 aromatic heterocycles. The number of nitrogens with one attached hydrogen (secondary N) is 1. The lowest BCUT2D eigenvalue weighted by atomic mass is 10.2. The third-order valence-electron chi connectivity index (χ3n) is 2.03. The van der Waals surface area contributed by atoms with Gasteiger partial charge in [-0.2, -0.15) is 0 Å². The first-order valence-electron chi connectivity index (χ1n) is 5.43. The van der Waals surface area contributed by atoms with Crippen molar-refractivity contribution in [2.24, 2.45) is 5.73 Å². The lowest BCUT2D eigenvalue weighted by molar-refractivity contribution is 0.147. The number of hydrogen-bond donors (Lipinski definition) is 2. The molecular formula is C11H18N2O3S. The van der Waals surface area contributed by atoms with Crippen LogP contribution in [0.3, 0.4) is 0 Å². The van der Waals surface area contributed by atoms with Gasteiger partial charge in [-0.1, -0.05) is 30.3 Å². The first kappa shape index (κ1) is 14.1. The lowest BCUT2D eigenvalue weighted by Gasteiger charge is -2.07. The summed E-state index contributed by atoms with van der Waals surface area (Å²) in [4.78, 5) is 0. The first-order chi connectivity index (χ1) is 8.14. The van der Waals surface area contributed by atoms with Crippen molar-refractivity contribution in [2.45, 2.75) is 5.75 Å². The quantitative estimate of drug-likeness (QED) is 0.647. The Morgan fingerprint density at radius 3 is 2.53 bits per heavy atom. The van der Waals surface area contributed by atoms with Gasteiger partial charge in [0.1, 0.15) is 0 Å². The minimum absolute atomic E-state index is 0.00920. The van der Waals surface area contributed by atoms with Crippen LogP contribution in [0.2, 0.25) is 0 Å². The van der Waals surface area contributed by atoms with Gasteiger partial charge in [0.05, 0.1) is 19.0 Å². The summed E-state index contributed by atoms with van der Waals surface area (Å²) in [5, 5.41) is 0. The van der Waals surface area contributed by atoms with Crippen LogP contribution in [0, 0.1) is 0 Å². The summed E-state index contributed by atoms with van der Waals surface area (Å²) < 4.78 is 30.8. The van der Waals surface area contributed by atoms with Crippen LogP contribution in [0.25, 0.3) is 0 Å². The monoisotopic (exact) mass is 258 g/mol. The van der Waals surface area contributed by atoms with Gasteiger partial charge in [-0.25, -0.2) is 13.1 Å². The molecular weight excluding hydrogens is 240 g/mol. The number of nitrogens with two attached hydrogens (primary N) is 1. The van der Waals surface area contributed by atoms with Crippen LogP contribution in [0.5, 0.6) is 0 Å². The molecule has 1 aromatic rings. The fourth-order valence-electron chi connectivity index (χ4n) is 1.30. The average Bonchev–Trinajstić information content (AvgIpc) is 2.29. The van der Waals surface area contributed by atoms with Crippen LogP contribution in [0.15, 0.2) is 30.3 Å². The van der Waals surface area contributed by atoms with Gasteiger partial charge in [-0.15, -0.1) is 0 Å². The van der Waals surface area contributed by atoms with E-state index in [4.69, 9.17) is 10.5 Å². The van der Waals surface area contributed by atoms with Gasteiger partial charge in [-0.05, 0) is 5.56 Å². The van der Waals surface area contributed by atoms with Crippen LogP contribution >= 0.6 is 0 Å². The molecule has 3 N–H and O–H groups in total. The highest BCUT2D eigenvalue weighted by molar-refractivity contribution is 7.88. The van der Waals surface area contributed by atoms with Crippen LogP contribution in [-0.4, -0.2) is 34.7 Å². The van der Waals surface area contributed by atoms with Crippen molar-refractivity contribution in [3.63, 3.8) is 0 Å². The van der Waals surface area contributed by atoms with Gasteiger partial charge in [-0.3, -0.25) is 0 Å². The van der Waals surface area contributed by atoms with E-state index in [2.05, 4.69) is 4.72 Å². The van der Waals surface area contributed by atoms with Crippen LogP contribution in [0.4, 0.5) is 0 Å². The average molecular weight is 258 g/mol. The first-order valence-corrected chi connectivity index (χ1v) is 7.08. The number of benzene rings is 1. The van der Waals surface area contributed by atoms with Gasteiger partial charge in [0.15, 0.2) is 0 Å². The molecule has 0 aliphatic heterocycles. The number of hydrogen-bond acceptors (Lipinski definition) is 4. The summed E-state index contributed by atoms with van der Waals surface area (Å²) in [5.41, 5.74) is 6.00. The molecule has 0 spiro atoms.